The van der Waals surface area contributed by atoms with Crippen molar-refractivity contribution in [2.45, 2.75) is 27.2 Å². The van der Waals surface area contributed by atoms with Gasteiger partial charge in [0.15, 0.2) is 5.78 Å². The number of hydrogen-bond acceptors (Lipinski definition) is 5. The monoisotopic (exact) mass is 403 g/mol. The molecule has 30 heavy (non-hydrogen) atoms. The number of pyridine rings is 1. The molecular weight excluding hydrogens is 382 g/mol. The first-order valence-electron chi connectivity index (χ1n) is 9.36. The average Bonchev–Trinajstić information content (AvgIpc) is 2.70. The Balaban J connectivity index is 1.65. The maximum Gasteiger partial charge on any atom is 0.306 e. The first-order valence-corrected chi connectivity index (χ1v) is 9.36. The minimum Gasteiger partial charge on any atom is -0.294 e. The lowest BCUT2D eigenvalue weighted by Gasteiger charge is -2.10. The molecule has 0 aliphatic heterocycles. The fraction of sp³-hybridized carbons (Fsp3) is 0.174. The summed E-state index contributed by atoms with van der Waals surface area (Å²) in [6.45, 7) is 5.42. The summed E-state index contributed by atoms with van der Waals surface area (Å²) in [7, 11) is 0. The van der Waals surface area contributed by atoms with E-state index in [1.165, 1.54) is 0 Å². The number of hydrazine groups is 1. The Morgan fingerprint density at radius 1 is 0.867 bits per heavy atom. The molecule has 2 aromatic carbocycles. The first kappa shape index (κ1) is 20.9. The van der Waals surface area contributed by atoms with Gasteiger partial charge in [0.1, 0.15) is 0 Å². The van der Waals surface area contributed by atoms with E-state index in [0.717, 1.165) is 11.1 Å². The number of Topliss-reactive ketones (excluding diaryl/α,β-unsaturated/α-hetero) is 2. The fourth-order valence-electron chi connectivity index (χ4n) is 3.19. The van der Waals surface area contributed by atoms with E-state index in [4.69, 9.17) is 0 Å². The lowest BCUT2D eigenvalue weighted by Crippen LogP contribution is -2.45. The molecule has 1 heterocycles. The van der Waals surface area contributed by atoms with Crippen molar-refractivity contribution in [3.8, 4) is 0 Å². The number of aryl methyl sites for hydroxylation is 3. The van der Waals surface area contributed by atoms with E-state index < -0.39 is 29.8 Å². The van der Waals surface area contributed by atoms with Crippen LogP contribution in [0.15, 0.2) is 48.5 Å². The molecule has 0 aliphatic carbocycles. The highest BCUT2D eigenvalue weighted by Crippen LogP contribution is 2.18. The highest BCUT2D eigenvalue weighted by atomic mass is 16.2. The molecule has 0 atom stereocenters. The summed E-state index contributed by atoms with van der Waals surface area (Å²) in [5, 5.41) is 0.617. The normalized spacial score (nSPS) is 10.5. The summed E-state index contributed by atoms with van der Waals surface area (Å²) >= 11 is 0. The number of rotatable bonds is 5. The number of carbonyl (C=O) groups excluding carboxylic acids is 4. The molecule has 0 spiro atoms. The molecule has 0 unspecified atom stereocenters. The van der Waals surface area contributed by atoms with Gasteiger partial charge in [-0.2, -0.15) is 0 Å². The van der Waals surface area contributed by atoms with Crippen molar-refractivity contribution in [3.63, 3.8) is 0 Å². The number of ketones is 2. The van der Waals surface area contributed by atoms with E-state index >= 15 is 0 Å². The minimum absolute atomic E-state index is 0.317. The highest BCUT2D eigenvalue weighted by molar-refractivity contribution is 6.40. The van der Waals surface area contributed by atoms with E-state index in [2.05, 4.69) is 15.8 Å². The van der Waals surface area contributed by atoms with Gasteiger partial charge in [0.25, 0.3) is 5.91 Å². The zero-order chi connectivity index (χ0) is 21.8. The molecule has 0 radical (unpaired) electrons. The number of nitrogens with one attached hydrogen (secondary N) is 2. The van der Waals surface area contributed by atoms with Gasteiger partial charge in [-0.25, -0.2) is 0 Å². The van der Waals surface area contributed by atoms with E-state index in [1.54, 1.807) is 50.2 Å². The van der Waals surface area contributed by atoms with Gasteiger partial charge in [-0.1, -0.05) is 42.0 Å². The number of carbonyl (C=O) groups is 4. The molecule has 152 valence electrons. The van der Waals surface area contributed by atoms with Gasteiger partial charge in [0.2, 0.25) is 5.78 Å². The molecular formula is C23H21N3O4. The third-order valence-corrected chi connectivity index (χ3v) is 4.64. The number of amides is 2. The number of benzene rings is 2. The molecule has 0 fully saturated rings. The predicted octanol–water partition coefficient (Wildman–Crippen LogP) is 2.76. The molecule has 1 aromatic heterocycles. The molecule has 7 heteroatoms. The maximum absolute atomic E-state index is 12.5. The second-order valence-corrected chi connectivity index (χ2v) is 7.08. The summed E-state index contributed by atoms with van der Waals surface area (Å²) in [5.74, 6) is -3.03. The number of para-hydroxylation sites is 1. The largest absolute Gasteiger partial charge is 0.306 e. The predicted molar refractivity (Wildman–Crippen MR) is 112 cm³/mol. The van der Waals surface area contributed by atoms with Gasteiger partial charge in [-0.15, -0.1) is 0 Å². The maximum atomic E-state index is 12.5. The van der Waals surface area contributed by atoms with Crippen molar-refractivity contribution >= 4 is 34.3 Å². The van der Waals surface area contributed by atoms with Crippen molar-refractivity contribution in [3.05, 3.63) is 76.5 Å². The van der Waals surface area contributed by atoms with Gasteiger partial charge in [0, 0.05) is 16.6 Å². The quantitative estimate of drug-likeness (QED) is 0.295. The molecule has 3 aromatic rings. The van der Waals surface area contributed by atoms with E-state index in [-0.39, 0.29) is 0 Å². The Labute approximate surface area is 173 Å². The fourth-order valence-corrected chi connectivity index (χ4v) is 3.19. The first-order chi connectivity index (χ1) is 14.3. The van der Waals surface area contributed by atoms with Crippen LogP contribution in [0.25, 0.3) is 10.9 Å². The molecule has 2 N–H and O–H groups in total. The number of fused-ring (bicyclic) bond motifs is 1. The van der Waals surface area contributed by atoms with Crippen LogP contribution in [0.2, 0.25) is 0 Å². The van der Waals surface area contributed by atoms with Crippen LogP contribution in [-0.2, 0) is 9.59 Å². The molecule has 7 nitrogen and oxygen atoms in total. The summed E-state index contributed by atoms with van der Waals surface area (Å²) < 4.78 is 0. The Morgan fingerprint density at radius 2 is 1.60 bits per heavy atom. The third kappa shape index (κ3) is 4.57. The third-order valence-electron chi connectivity index (χ3n) is 4.64. The SMILES string of the molecule is Cc1ccc(C(=O)CC(=O)C(=O)NNC(=O)c2cc(C)nc3ccccc23)c(C)c1. The zero-order valence-electron chi connectivity index (χ0n) is 16.9. The van der Waals surface area contributed by atoms with Crippen LogP contribution in [0.3, 0.4) is 0 Å². The van der Waals surface area contributed by atoms with Crippen molar-refractivity contribution in [1.29, 1.82) is 0 Å². The van der Waals surface area contributed by atoms with Crippen molar-refractivity contribution in [2.75, 3.05) is 0 Å². The van der Waals surface area contributed by atoms with Crippen LogP contribution in [0.1, 0.15) is 44.0 Å². The topological polar surface area (TPSA) is 105 Å². The lowest BCUT2D eigenvalue weighted by molar-refractivity contribution is -0.137. The number of aromatic nitrogens is 1. The highest BCUT2D eigenvalue weighted by Gasteiger charge is 2.21. The second kappa shape index (κ2) is 8.65. The zero-order valence-corrected chi connectivity index (χ0v) is 16.9. The molecule has 0 bridgehead atoms. The van der Waals surface area contributed by atoms with Gasteiger partial charge in [-0.3, -0.25) is 35.0 Å². The summed E-state index contributed by atoms with van der Waals surface area (Å²) in [6.07, 6.45) is -0.580. The van der Waals surface area contributed by atoms with Crippen LogP contribution in [0.5, 0.6) is 0 Å². The average molecular weight is 403 g/mol. The van der Waals surface area contributed by atoms with E-state index in [1.807, 2.05) is 19.1 Å². The van der Waals surface area contributed by atoms with Crippen molar-refractivity contribution in [1.82, 2.24) is 15.8 Å². The lowest BCUT2D eigenvalue weighted by atomic mass is 9.99. The van der Waals surface area contributed by atoms with Crippen LogP contribution in [-0.4, -0.2) is 28.4 Å². The summed E-state index contributed by atoms with van der Waals surface area (Å²) in [5.41, 5.74) is 8.04. The minimum atomic E-state index is -1.06. The number of hydrogen-bond donors (Lipinski definition) is 2. The van der Waals surface area contributed by atoms with Gasteiger partial charge >= 0.3 is 5.91 Å². The molecule has 0 saturated heterocycles. The standard InChI is InChI=1S/C23H21N3O4/c1-13-8-9-16(14(2)10-13)20(27)12-21(28)23(30)26-25-22(29)18-11-15(3)24-19-7-5-4-6-17(18)19/h4-11H,12H2,1-3H3,(H,25,29)(H,26,30). The number of nitrogens with zero attached hydrogens (tertiary/aromatic N) is 1. The summed E-state index contributed by atoms with van der Waals surface area (Å²) in [4.78, 5) is 53.4. The van der Waals surface area contributed by atoms with E-state index in [9.17, 15) is 19.2 Å². The molecule has 0 aliphatic rings. The Hall–Kier alpha value is -3.87. The van der Waals surface area contributed by atoms with Crippen LogP contribution in [0.4, 0.5) is 0 Å². The second-order valence-electron chi connectivity index (χ2n) is 7.08. The van der Waals surface area contributed by atoms with Crippen LogP contribution in [0, 0.1) is 20.8 Å². The molecule has 2 amide bonds. The van der Waals surface area contributed by atoms with Crippen molar-refractivity contribution < 1.29 is 19.2 Å². The Morgan fingerprint density at radius 3 is 2.33 bits per heavy atom. The molecule has 3 rings (SSSR count). The van der Waals surface area contributed by atoms with Crippen molar-refractivity contribution in [2.24, 2.45) is 0 Å². The van der Waals surface area contributed by atoms with Crippen LogP contribution >= 0.6 is 0 Å². The molecule has 0 saturated carbocycles. The van der Waals surface area contributed by atoms with Gasteiger partial charge in [-0.05, 0) is 38.5 Å². The smallest absolute Gasteiger partial charge is 0.294 e. The van der Waals surface area contributed by atoms with E-state index in [0.29, 0.717) is 27.7 Å². The van der Waals surface area contributed by atoms with Gasteiger partial charge in [0.05, 0.1) is 17.5 Å². The van der Waals surface area contributed by atoms with Gasteiger partial charge < -0.3 is 0 Å². The summed E-state index contributed by atoms with van der Waals surface area (Å²) in [6, 6.07) is 13.9. The Kier molecular flexibility index (Phi) is 6.01. The van der Waals surface area contributed by atoms with Crippen LogP contribution < -0.4 is 10.9 Å². The Bertz CT molecular complexity index is 1180.